The molecule has 0 bridgehead atoms. The van der Waals surface area contributed by atoms with Gasteiger partial charge in [0.1, 0.15) is 16.7 Å². The van der Waals surface area contributed by atoms with E-state index in [4.69, 9.17) is 13.8 Å². The lowest BCUT2D eigenvalue weighted by Crippen LogP contribution is -2.10. The van der Waals surface area contributed by atoms with E-state index in [9.17, 15) is 0 Å². The van der Waals surface area contributed by atoms with Crippen LogP contribution in [0.2, 0.25) is 0 Å². The van der Waals surface area contributed by atoms with Crippen LogP contribution in [0.25, 0.3) is 66.7 Å². The quantitative estimate of drug-likeness (QED) is 0.189. The fourth-order valence-corrected chi connectivity index (χ4v) is 6.44. The molecule has 0 amide bonds. The second kappa shape index (κ2) is 11.2. The lowest BCUT2D eigenvalue weighted by atomic mass is 10.0. The molecule has 0 saturated heterocycles. The van der Waals surface area contributed by atoms with Gasteiger partial charge in [0, 0.05) is 28.4 Å². The van der Waals surface area contributed by atoms with Gasteiger partial charge in [-0.3, -0.25) is 0 Å². The zero-order valence-corrected chi connectivity index (χ0v) is 25.4. The van der Waals surface area contributed by atoms with Crippen molar-refractivity contribution in [2.24, 2.45) is 0 Å². The Bertz CT molecular complexity index is 2500. The van der Waals surface area contributed by atoms with Crippen LogP contribution >= 0.6 is 0 Å². The Morgan fingerprint density at radius 2 is 1.02 bits per heavy atom. The van der Waals surface area contributed by atoms with Crippen molar-refractivity contribution in [2.75, 3.05) is 4.90 Å². The molecule has 2 aromatic heterocycles. The monoisotopic (exact) mass is 604 g/mol. The number of oxazole rings is 1. The molecule has 4 heteroatoms. The molecule has 9 aromatic rings. The van der Waals surface area contributed by atoms with E-state index in [2.05, 4.69) is 120 Å². The molecule has 222 valence electrons. The fraction of sp³-hybridized carbons (Fsp3) is 0. The summed E-state index contributed by atoms with van der Waals surface area (Å²) in [5, 5.41) is 2.01. The predicted octanol–water partition coefficient (Wildman–Crippen LogP) is 12.2. The summed E-state index contributed by atoms with van der Waals surface area (Å²) in [6.07, 6.45) is 0. The maximum absolute atomic E-state index is 6.49. The van der Waals surface area contributed by atoms with Gasteiger partial charge in [-0.05, 0) is 76.9 Å². The lowest BCUT2D eigenvalue weighted by Gasteiger charge is -2.27. The van der Waals surface area contributed by atoms with E-state index in [1.165, 1.54) is 16.7 Å². The van der Waals surface area contributed by atoms with Gasteiger partial charge in [0.05, 0.1) is 11.1 Å². The molecular weight excluding hydrogens is 576 g/mol. The number of rotatable bonds is 6. The summed E-state index contributed by atoms with van der Waals surface area (Å²) in [6.45, 7) is 0. The Morgan fingerprint density at radius 3 is 1.74 bits per heavy atom. The highest BCUT2D eigenvalue weighted by atomic mass is 16.4. The maximum atomic E-state index is 6.49. The normalized spacial score (nSPS) is 11.4. The van der Waals surface area contributed by atoms with Crippen molar-refractivity contribution in [3.63, 3.8) is 0 Å². The van der Waals surface area contributed by atoms with Gasteiger partial charge in [0.2, 0.25) is 5.89 Å². The topological polar surface area (TPSA) is 42.4 Å². The first-order valence-corrected chi connectivity index (χ1v) is 15.7. The first-order chi connectivity index (χ1) is 23.3. The molecule has 0 atom stereocenters. The average molecular weight is 605 g/mol. The number of hydrogen-bond donors (Lipinski definition) is 0. The predicted molar refractivity (Wildman–Crippen MR) is 192 cm³/mol. The van der Waals surface area contributed by atoms with Gasteiger partial charge in [0.25, 0.3) is 0 Å². The average Bonchev–Trinajstić information content (AvgIpc) is 3.73. The number of fused-ring (bicyclic) bond motifs is 4. The minimum absolute atomic E-state index is 0.593. The zero-order valence-electron chi connectivity index (χ0n) is 25.4. The van der Waals surface area contributed by atoms with Crippen LogP contribution in [0.3, 0.4) is 0 Å². The number of benzene rings is 7. The summed E-state index contributed by atoms with van der Waals surface area (Å²) < 4.78 is 12.7. The standard InChI is InChI=1S/C43H28N2O2/c1-4-12-29(13-5-1)31-22-24-34(25-23-31)45(35-19-10-18-33(26-35)30-14-6-2-7-15-30)38-20-11-21-39-42(38)36-27-37-41(28-40(36)46-39)47-43(44-37)32-16-8-3-9-17-32/h1-28H. The number of nitrogens with zero attached hydrogens (tertiary/aromatic N) is 2. The molecule has 0 spiro atoms. The summed E-state index contributed by atoms with van der Waals surface area (Å²) in [6, 6.07) is 58.7. The minimum Gasteiger partial charge on any atom is -0.456 e. The Kier molecular flexibility index (Phi) is 6.43. The van der Waals surface area contributed by atoms with Crippen molar-refractivity contribution in [1.82, 2.24) is 4.98 Å². The van der Waals surface area contributed by atoms with E-state index in [1.807, 2.05) is 54.6 Å². The van der Waals surface area contributed by atoms with Crippen molar-refractivity contribution in [1.29, 1.82) is 0 Å². The van der Waals surface area contributed by atoms with Gasteiger partial charge in [-0.15, -0.1) is 0 Å². The summed E-state index contributed by atoms with van der Waals surface area (Å²) in [7, 11) is 0. The van der Waals surface area contributed by atoms with Crippen LogP contribution in [0.1, 0.15) is 0 Å². The third-order valence-corrected chi connectivity index (χ3v) is 8.69. The van der Waals surface area contributed by atoms with E-state index >= 15 is 0 Å². The maximum Gasteiger partial charge on any atom is 0.227 e. The summed E-state index contributed by atoms with van der Waals surface area (Å²) in [4.78, 5) is 7.19. The second-order valence-electron chi connectivity index (χ2n) is 11.6. The van der Waals surface area contributed by atoms with E-state index in [-0.39, 0.29) is 0 Å². The third kappa shape index (κ3) is 4.84. The molecular formula is C43H28N2O2. The molecule has 0 saturated carbocycles. The number of hydrogen-bond acceptors (Lipinski definition) is 4. The van der Waals surface area contributed by atoms with Gasteiger partial charge in [-0.25, -0.2) is 4.98 Å². The first kappa shape index (κ1) is 27.0. The lowest BCUT2D eigenvalue weighted by molar-refractivity contribution is 0.617. The zero-order chi connectivity index (χ0) is 31.2. The van der Waals surface area contributed by atoms with Crippen molar-refractivity contribution >= 4 is 50.1 Å². The molecule has 0 N–H and O–H groups in total. The molecule has 2 heterocycles. The van der Waals surface area contributed by atoms with Crippen molar-refractivity contribution in [3.8, 4) is 33.7 Å². The molecule has 4 nitrogen and oxygen atoms in total. The van der Waals surface area contributed by atoms with E-state index in [0.29, 0.717) is 11.5 Å². The molecule has 0 unspecified atom stereocenters. The van der Waals surface area contributed by atoms with Crippen LogP contribution < -0.4 is 4.90 Å². The number of furan rings is 1. The van der Waals surface area contributed by atoms with Gasteiger partial charge < -0.3 is 13.7 Å². The molecule has 0 aliphatic heterocycles. The first-order valence-electron chi connectivity index (χ1n) is 15.7. The second-order valence-corrected chi connectivity index (χ2v) is 11.6. The van der Waals surface area contributed by atoms with Crippen LogP contribution in [0.4, 0.5) is 17.1 Å². The smallest absolute Gasteiger partial charge is 0.227 e. The van der Waals surface area contributed by atoms with Gasteiger partial charge in [-0.1, -0.05) is 109 Å². The Hall–Kier alpha value is -6.39. The molecule has 47 heavy (non-hydrogen) atoms. The Labute approximate surface area is 271 Å². The molecule has 0 aliphatic carbocycles. The number of anilines is 3. The highest BCUT2D eigenvalue weighted by Crippen LogP contribution is 2.44. The molecule has 0 radical (unpaired) electrons. The summed E-state index contributed by atoms with van der Waals surface area (Å²) in [5.41, 5.74) is 11.8. The minimum atomic E-state index is 0.593. The van der Waals surface area contributed by atoms with Gasteiger partial charge >= 0.3 is 0 Å². The largest absolute Gasteiger partial charge is 0.456 e. The molecule has 7 aromatic carbocycles. The van der Waals surface area contributed by atoms with Crippen LogP contribution in [0.5, 0.6) is 0 Å². The highest BCUT2D eigenvalue weighted by Gasteiger charge is 2.21. The fourth-order valence-electron chi connectivity index (χ4n) is 6.44. The summed E-state index contributed by atoms with van der Waals surface area (Å²) in [5.74, 6) is 0.593. The van der Waals surface area contributed by atoms with Crippen molar-refractivity contribution in [2.45, 2.75) is 0 Å². The van der Waals surface area contributed by atoms with Crippen LogP contribution in [0.15, 0.2) is 179 Å². The van der Waals surface area contributed by atoms with E-state index < -0.39 is 0 Å². The molecule has 9 rings (SSSR count). The third-order valence-electron chi connectivity index (χ3n) is 8.69. The molecule has 0 fully saturated rings. The Balaban J connectivity index is 1.25. The van der Waals surface area contributed by atoms with Crippen LogP contribution in [-0.4, -0.2) is 4.98 Å². The van der Waals surface area contributed by atoms with Crippen molar-refractivity contribution < 1.29 is 8.83 Å². The summed E-state index contributed by atoms with van der Waals surface area (Å²) >= 11 is 0. The van der Waals surface area contributed by atoms with E-state index in [1.54, 1.807) is 0 Å². The highest BCUT2D eigenvalue weighted by molar-refractivity contribution is 6.15. The SMILES string of the molecule is c1ccc(-c2ccc(N(c3cccc(-c4ccccc4)c3)c3cccc4oc5cc6oc(-c7ccccc7)nc6cc5c34)cc2)cc1. The van der Waals surface area contributed by atoms with Crippen molar-refractivity contribution in [3.05, 3.63) is 170 Å². The van der Waals surface area contributed by atoms with Crippen LogP contribution in [0, 0.1) is 0 Å². The van der Waals surface area contributed by atoms with Crippen LogP contribution in [-0.2, 0) is 0 Å². The molecule has 0 aliphatic rings. The van der Waals surface area contributed by atoms with E-state index in [0.717, 1.165) is 55.6 Å². The Morgan fingerprint density at radius 1 is 0.404 bits per heavy atom. The number of aromatic nitrogens is 1. The van der Waals surface area contributed by atoms with Gasteiger partial charge in [0.15, 0.2) is 5.58 Å². The van der Waals surface area contributed by atoms with Gasteiger partial charge in [-0.2, -0.15) is 0 Å².